The first-order valence-corrected chi connectivity index (χ1v) is 10.9. The predicted octanol–water partition coefficient (Wildman–Crippen LogP) is 5.04. The molecule has 2 aromatic heterocycles. The first-order valence-electron chi connectivity index (χ1n) is 10.0. The van der Waals surface area contributed by atoms with E-state index in [1.54, 1.807) is 6.08 Å². The van der Waals surface area contributed by atoms with Crippen LogP contribution < -0.4 is 5.32 Å². The Morgan fingerprint density at radius 3 is 2.71 bits per heavy atom. The monoisotopic (exact) mass is 427 g/mol. The van der Waals surface area contributed by atoms with E-state index in [4.69, 9.17) is 0 Å². The number of para-hydroxylation sites is 1. The van der Waals surface area contributed by atoms with E-state index in [1.807, 2.05) is 54.7 Å². The van der Waals surface area contributed by atoms with E-state index in [1.165, 1.54) is 16.9 Å². The Balaban J connectivity index is 1.63. The van der Waals surface area contributed by atoms with Crippen molar-refractivity contribution in [3.05, 3.63) is 82.5 Å². The molecular weight excluding hydrogens is 406 g/mol. The highest BCUT2D eigenvalue weighted by Gasteiger charge is 2.15. The van der Waals surface area contributed by atoms with Crippen LogP contribution in [0.15, 0.2) is 66.4 Å². The molecule has 0 aliphatic carbocycles. The summed E-state index contributed by atoms with van der Waals surface area (Å²) in [6.45, 7) is 2.76. The number of rotatable bonds is 7. The fourth-order valence-corrected chi connectivity index (χ4v) is 4.23. The number of benzene rings is 2. The smallest absolute Gasteiger partial charge is 0.268 e. The number of carbonyl (C=O) groups is 1. The van der Waals surface area contributed by atoms with E-state index in [9.17, 15) is 10.1 Å². The fourth-order valence-electron chi connectivity index (χ4n) is 3.39. The minimum Gasteiger partial charge on any atom is -0.342 e. The molecule has 1 N–H and O–H groups in total. The maximum absolute atomic E-state index is 12.7. The number of nitrogens with zero attached hydrogens (tertiary/aromatic N) is 4. The minimum atomic E-state index is -0.485. The number of hydrogen-bond acceptors (Lipinski definition) is 5. The molecule has 4 aromatic rings. The van der Waals surface area contributed by atoms with Crippen LogP contribution in [0.5, 0.6) is 0 Å². The van der Waals surface area contributed by atoms with Gasteiger partial charge < -0.3 is 4.57 Å². The summed E-state index contributed by atoms with van der Waals surface area (Å²) >= 11 is 1.33. The quantitative estimate of drug-likeness (QED) is 0.331. The summed E-state index contributed by atoms with van der Waals surface area (Å²) in [5.41, 5.74) is 3.07. The molecule has 2 heterocycles. The van der Waals surface area contributed by atoms with Crippen LogP contribution in [0.2, 0.25) is 0 Å². The molecule has 1 amide bonds. The number of aromatic nitrogens is 3. The van der Waals surface area contributed by atoms with Crippen molar-refractivity contribution < 1.29 is 4.79 Å². The highest BCUT2D eigenvalue weighted by atomic mass is 32.1. The van der Waals surface area contributed by atoms with Crippen molar-refractivity contribution in [3.63, 3.8) is 0 Å². The molecule has 0 saturated heterocycles. The lowest BCUT2D eigenvalue weighted by atomic mass is 10.1. The SMILES string of the molecule is CCCc1nnc(NC(=O)/C(C#N)=C\c2cn(Cc3ccccc3)c3ccccc23)s1. The van der Waals surface area contributed by atoms with Gasteiger partial charge in [0.2, 0.25) is 5.13 Å². The van der Waals surface area contributed by atoms with Crippen LogP contribution in [0.1, 0.15) is 29.5 Å². The first kappa shape index (κ1) is 20.5. The van der Waals surface area contributed by atoms with E-state index in [2.05, 4.69) is 39.1 Å². The van der Waals surface area contributed by atoms with Gasteiger partial charge in [0.15, 0.2) is 0 Å². The molecule has 31 heavy (non-hydrogen) atoms. The summed E-state index contributed by atoms with van der Waals surface area (Å²) in [4.78, 5) is 12.7. The molecule has 0 bridgehead atoms. The second-order valence-corrected chi connectivity index (χ2v) is 8.15. The molecule has 2 aromatic carbocycles. The Morgan fingerprint density at radius 2 is 1.94 bits per heavy atom. The number of hydrogen-bond donors (Lipinski definition) is 1. The lowest BCUT2D eigenvalue weighted by Gasteiger charge is -2.05. The first-order chi connectivity index (χ1) is 15.2. The Labute approximate surface area is 184 Å². The Kier molecular flexibility index (Phi) is 6.20. The molecule has 0 aliphatic rings. The van der Waals surface area contributed by atoms with Crippen LogP contribution in [0, 0.1) is 11.3 Å². The highest BCUT2D eigenvalue weighted by Crippen LogP contribution is 2.25. The third-order valence-electron chi connectivity index (χ3n) is 4.83. The number of carbonyl (C=O) groups excluding carboxylic acids is 1. The van der Waals surface area contributed by atoms with Gasteiger partial charge in [0.1, 0.15) is 16.6 Å². The zero-order valence-corrected chi connectivity index (χ0v) is 17.9. The minimum absolute atomic E-state index is 0.0230. The van der Waals surface area contributed by atoms with Crippen LogP contribution in [-0.2, 0) is 17.8 Å². The lowest BCUT2D eigenvalue weighted by Crippen LogP contribution is -2.13. The molecule has 4 rings (SSSR count). The van der Waals surface area contributed by atoms with Crippen molar-refractivity contribution in [2.24, 2.45) is 0 Å². The van der Waals surface area contributed by atoms with Gasteiger partial charge in [-0.3, -0.25) is 10.1 Å². The summed E-state index contributed by atoms with van der Waals surface area (Å²) < 4.78 is 2.13. The summed E-state index contributed by atoms with van der Waals surface area (Å²) in [5.74, 6) is -0.485. The maximum Gasteiger partial charge on any atom is 0.268 e. The number of fused-ring (bicyclic) bond motifs is 1. The van der Waals surface area contributed by atoms with Crippen molar-refractivity contribution >= 4 is 39.4 Å². The number of nitriles is 1. The predicted molar refractivity (Wildman–Crippen MR) is 124 cm³/mol. The Morgan fingerprint density at radius 1 is 1.16 bits per heavy atom. The molecule has 0 aliphatic heterocycles. The molecule has 0 unspecified atom stereocenters. The third-order valence-corrected chi connectivity index (χ3v) is 5.73. The molecule has 0 saturated carbocycles. The lowest BCUT2D eigenvalue weighted by molar-refractivity contribution is -0.112. The van der Waals surface area contributed by atoms with Gasteiger partial charge in [-0.2, -0.15) is 5.26 Å². The van der Waals surface area contributed by atoms with Crippen molar-refractivity contribution in [1.82, 2.24) is 14.8 Å². The van der Waals surface area contributed by atoms with E-state index in [0.29, 0.717) is 11.7 Å². The van der Waals surface area contributed by atoms with Crippen LogP contribution in [0.25, 0.3) is 17.0 Å². The molecule has 6 nitrogen and oxygen atoms in total. The molecule has 0 atom stereocenters. The van der Waals surface area contributed by atoms with Gasteiger partial charge in [0, 0.05) is 35.6 Å². The van der Waals surface area contributed by atoms with E-state index in [0.717, 1.165) is 34.3 Å². The van der Waals surface area contributed by atoms with E-state index < -0.39 is 5.91 Å². The average molecular weight is 428 g/mol. The van der Waals surface area contributed by atoms with E-state index in [-0.39, 0.29) is 5.57 Å². The van der Waals surface area contributed by atoms with Gasteiger partial charge in [-0.25, -0.2) is 0 Å². The largest absolute Gasteiger partial charge is 0.342 e. The van der Waals surface area contributed by atoms with Gasteiger partial charge >= 0.3 is 0 Å². The average Bonchev–Trinajstić information content (AvgIpc) is 3.37. The van der Waals surface area contributed by atoms with Crippen LogP contribution in [-0.4, -0.2) is 20.7 Å². The topological polar surface area (TPSA) is 83.6 Å². The second kappa shape index (κ2) is 9.37. The van der Waals surface area contributed by atoms with Crippen molar-refractivity contribution in [3.8, 4) is 6.07 Å². The molecule has 0 fully saturated rings. The van der Waals surface area contributed by atoms with Crippen LogP contribution >= 0.6 is 11.3 Å². The van der Waals surface area contributed by atoms with Gasteiger partial charge in [-0.1, -0.05) is 66.8 Å². The maximum atomic E-state index is 12.7. The normalized spacial score (nSPS) is 11.4. The standard InChI is InChI=1S/C24H21N5OS/c1-2-8-22-27-28-24(31-22)26-23(30)18(14-25)13-19-16-29(15-17-9-4-3-5-10-17)21-12-7-6-11-20(19)21/h3-7,9-13,16H,2,8,15H2,1H3,(H,26,28,30)/b18-13-. The van der Waals surface area contributed by atoms with Crippen molar-refractivity contribution in [2.45, 2.75) is 26.3 Å². The Hall–Kier alpha value is -3.76. The van der Waals surface area contributed by atoms with Gasteiger partial charge in [0.05, 0.1) is 0 Å². The molecular formula is C24H21N5OS. The van der Waals surface area contributed by atoms with Crippen molar-refractivity contribution in [2.75, 3.05) is 5.32 Å². The van der Waals surface area contributed by atoms with Gasteiger partial charge in [0.25, 0.3) is 5.91 Å². The van der Waals surface area contributed by atoms with Gasteiger partial charge in [-0.15, -0.1) is 10.2 Å². The summed E-state index contributed by atoms with van der Waals surface area (Å²) in [5, 5.41) is 22.6. The second-order valence-electron chi connectivity index (χ2n) is 7.09. The zero-order chi connectivity index (χ0) is 21.6. The number of amides is 1. The van der Waals surface area contributed by atoms with Crippen LogP contribution in [0.4, 0.5) is 5.13 Å². The van der Waals surface area contributed by atoms with Crippen molar-refractivity contribution in [1.29, 1.82) is 5.26 Å². The number of anilines is 1. The molecule has 154 valence electrons. The van der Waals surface area contributed by atoms with E-state index >= 15 is 0 Å². The molecule has 0 spiro atoms. The van der Waals surface area contributed by atoms with Crippen LogP contribution in [0.3, 0.4) is 0 Å². The molecule has 7 heteroatoms. The highest BCUT2D eigenvalue weighted by molar-refractivity contribution is 7.15. The summed E-state index contributed by atoms with van der Waals surface area (Å²) in [6, 6.07) is 20.2. The Bertz CT molecular complexity index is 1280. The van der Waals surface area contributed by atoms with Gasteiger partial charge in [-0.05, 0) is 24.1 Å². The number of aryl methyl sites for hydroxylation is 1. The molecule has 0 radical (unpaired) electrons. The zero-order valence-electron chi connectivity index (χ0n) is 17.1. The summed E-state index contributed by atoms with van der Waals surface area (Å²) in [7, 11) is 0. The fraction of sp³-hybridized carbons (Fsp3) is 0.167. The number of nitrogens with one attached hydrogen (secondary N) is 1. The third kappa shape index (κ3) is 4.71. The summed E-state index contributed by atoms with van der Waals surface area (Å²) in [6.07, 6.45) is 5.38.